The lowest BCUT2D eigenvalue weighted by molar-refractivity contribution is 0.0628. The van der Waals surface area contributed by atoms with Gasteiger partial charge in [-0.3, -0.25) is 0 Å². The maximum absolute atomic E-state index is 10.8. The van der Waals surface area contributed by atoms with E-state index in [0.29, 0.717) is 37.5 Å². The Bertz CT molecular complexity index is 655. The second kappa shape index (κ2) is 14.0. The normalized spacial score (nSPS) is 20.2. The number of nitrogens with zero attached hydrogens (tertiary/aromatic N) is 1. The number of methoxy groups -OCH3 is 2. The molecule has 0 aromatic heterocycles. The SMILES string of the molecule is COCCCOc1cc(C[C@@H](C[C@H](N)[C@@H](O)CN2CCC[C@@H](C)C2)C(C)C)ccc1OC. The smallest absolute Gasteiger partial charge is 0.161 e. The Labute approximate surface area is 195 Å². The molecule has 1 aromatic rings. The van der Waals surface area contributed by atoms with Crippen LogP contribution in [0.3, 0.4) is 0 Å². The Hall–Kier alpha value is -1.34. The van der Waals surface area contributed by atoms with E-state index in [-0.39, 0.29) is 6.04 Å². The van der Waals surface area contributed by atoms with Gasteiger partial charge in [0, 0.05) is 39.3 Å². The molecule has 0 spiro atoms. The summed E-state index contributed by atoms with van der Waals surface area (Å²) in [5.74, 6) is 3.07. The minimum atomic E-state index is -0.489. The van der Waals surface area contributed by atoms with E-state index >= 15 is 0 Å². The van der Waals surface area contributed by atoms with E-state index in [9.17, 15) is 5.11 Å². The van der Waals surface area contributed by atoms with Crippen molar-refractivity contribution in [2.24, 2.45) is 23.5 Å². The van der Waals surface area contributed by atoms with Crippen LogP contribution in [0.4, 0.5) is 0 Å². The zero-order chi connectivity index (χ0) is 23.5. The maximum Gasteiger partial charge on any atom is 0.161 e. The Kier molecular flexibility index (Phi) is 11.8. The molecule has 0 bridgehead atoms. The Morgan fingerprint density at radius 1 is 1.19 bits per heavy atom. The summed E-state index contributed by atoms with van der Waals surface area (Å²) < 4.78 is 16.5. The number of ether oxygens (including phenoxy) is 3. The average molecular weight is 451 g/mol. The van der Waals surface area contributed by atoms with E-state index < -0.39 is 6.10 Å². The third kappa shape index (κ3) is 8.89. The molecule has 1 aliphatic rings. The van der Waals surface area contributed by atoms with Gasteiger partial charge in [0.25, 0.3) is 0 Å². The van der Waals surface area contributed by atoms with Crippen molar-refractivity contribution in [3.8, 4) is 11.5 Å². The number of aliphatic hydroxyl groups is 1. The summed E-state index contributed by atoms with van der Waals surface area (Å²) in [6.45, 7) is 10.8. The van der Waals surface area contributed by atoms with Gasteiger partial charge in [-0.1, -0.05) is 26.8 Å². The van der Waals surface area contributed by atoms with E-state index in [1.807, 2.05) is 6.07 Å². The molecule has 2 rings (SSSR count). The minimum absolute atomic E-state index is 0.220. The van der Waals surface area contributed by atoms with Crippen molar-refractivity contribution < 1.29 is 19.3 Å². The first-order chi connectivity index (χ1) is 15.3. The average Bonchev–Trinajstić information content (AvgIpc) is 2.76. The Balaban J connectivity index is 1.96. The molecule has 1 aliphatic heterocycles. The van der Waals surface area contributed by atoms with Crippen molar-refractivity contribution in [2.45, 2.75) is 65.0 Å². The van der Waals surface area contributed by atoms with Crippen molar-refractivity contribution in [2.75, 3.05) is 47.1 Å². The lowest BCUT2D eigenvalue weighted by atomic mass is 9.83. The van der Waals surface area contributed by atoms with Crippen LogP contribution in [-0.2, 0) is 11.2 Å². The van der Waals surface area contributed by atoms with Crippen molar-refractivity contribution in [1.29, 1.82) is 0 Å². The van der Waals surface area contributed by atoms with Crippen LogP contribution >= 0.6 is 0 Å². The van der Waals surface area contributed by atoms with Gasteiger partial charge in [0.15, 0.2) is 11.5 Å². The highest BCUT2D eigenvalue weighted by molar-refractivity contribution is 5.43. The van der Waals surface area contributed by atoms with Crippen LogP contribution in [0.1, 0.15) is 52.0 Å². The fraction of sp³-hybridized carbons (Fsp3) is 0.769. The van der Waals surface area contributed by atoms with Crippen LogP contribution in [-0.4, -0.2) is 69.2 Å². The molecule has 1 saturated heterocycles. The first-order valence-electron chi connectivity index (χ1n) is 12.3. The van der Waals surface area contributed by atoms with Crippen LogP contribution in [0.25, 0.3) is 0 Å². The Morgan fingerprint density at radius 2 is 1.97 bits per heavy atom. The lowest BCUT2D eigenvalue weighted by Crippen LogP contribution is -2.47. The molecule has 1 fully saturated rings. The predicted molar refractivity (Wildman–Crippen MR) is 130 cm³/mol. The number of hydrogen-bond acceptors (Lipinski definition) is 6. The predicted octanol–water partition coefficient (Wildman–Crippen LogP) is 3.74. The molecule has 32 heavy (non-hydrogen) atoms. The van der Waals surface area contributed by atoms with Crippen LogP contribution in [0.5, 0.6) is 11.5 Å². The largest absolute Gasteiger partial charge is 0.493 e. The lowest BCUT2D eigenvalue weighted by Gasteiger charge is -2.34. The van der Waals surface area contributed by atoms with Crippen molar-refractivity contribution in [3.05, 3.63) is 23.8 Å². The molecule has 0 aliphatic carbocycles. The van der Waals surface area contributed by atoms with Gasteiger partial charge in [-0.2, -0.15) is 0 Å². The van der Waals surface area contributed by atoms with E-state index in [1.54, 1.807) is 14.2 Å². The summed E-state index contributed by atoms with van der Waals surface area (Å²) in [5.41, 5.74) is 7.70. The van der Waals surface area contributed by atoms with Crippen molar-refractivity contribution in [1.82, 2.24) is 4.90 Å². The monoisotopic (exact) mass is 450 g/mol. The number of aliphatic hydroxyl groups excluding tert-OH is 1. The summed E-state index contributed by atoms with van der Waals surface area (Å²) in [7, 11) is 3.36. The van der Waals surface area contributed by atoms with Gasteiger partial charge in [-0.25, -0.2) is 0 Å². The number of nitrogens with two attached hydrogens (primary N) is 1. The van der Waals surface area contributed by atoms with Gasteiger partial charge in [0.05, 0.1) is 19.8 Å². The standard InChI is InChI=1S/C26H46N2O4/c1-19(2)22(16-23(27)24(29)18-28-11-6-8-20(3)17-28)14-21-9-10-25(31-5)26(15-21)32-13-7-12-30-4/h9-10,15,19-20,22-24,29H,6-8,11-14,16-18,27H2,1-5H3/t20-,22+,23+,24+/m1/s1. The zero-order valence-corrected chi connectivity index (χ0v) is 20.9. The second-order valence-electron chi connectivity index (χ2n) is 9.86. The van der Waals surface area contributed by atoms with Crippen LogP contribution < -0.4 is 15.2 Å². The summed E-state index contributed by atoms with van der Waals surface area (Å²) in [4.78, 5) is 2.37. The maximum atomic E-state index is 10.8. The van der Waals surface area contributed by atoms with E-state index in [4.69, 9.17) is 19.9 Å². The first-order valence-corrected chi connectivity index (χ1v) is 12.3. The Morgan fingerprint density at radius 3 is 2.62 bits per heavy atom. The van der Waals surface area contributed by atoms with Crippen molar-refractivity contribution >= 4 is 0 Å². The van der Waals surface area contributed by atoms with E-state index in [2.05, 4.69) is 37.8 Å². The number of benzene rings is 1. The first kappa shape index (κ1) is 26.9. The van der Waals surface area contributed by atoms with Crippen LogP contribution in [0.2, 0.25) is 0 Å². The summed E-state index contributed by atoms with van der Waals surface area (Å²) >= 11 is 0. The molecule has 1 heterocycles. The molecule has 1 aromatic carbocycles. The third-order valence-corrected chi connectivity index (χ3v) is 6.67. The van der Waals surface area contributed by atoms with Gasteiger partial charge in [0.2, 0.25) is 0 Å². The zero-order valence-electron chi connectivity index (χ0n) is 20.9. The summed E-state index contributed by atoms with van der Waals surface area (Å²) in [6.07, 6.45) is 4.55. The minimum Gasteiger partial charge on any atom is -0.493 e. The highest BCUT2D eigenvalue weighted by Crippen LogP contribution is 2.31. The van der Waals surface area contributed by atoms with E-state index in [1.165, 1.54) is 18.4 Å². The molecule has 184 valence electrons. The fourth-order valence-electron chi connectivity index (χ4n) is 4.60. The van der Waals surface area contributed by atoms with Crippen molar-refractivity contribution in [3.63, 3.8) is 0 Å². The molecular weight excluding hydrogens is 404 g/mol. The topological polar surface area (TPSA) is 77.2 Å². The molecule has 6 nitrogen and oxygen atoms in total. The fourth-order valence-corrected chi connectivity index (χ4v) is 4.60. The molecule has 3 N–H and O–H groups in total. The van der Waals surface area contributed by atoms with Crippen LogP contribution in [0.15, 0.2) is 18.2 Å². The molecule has 0 saturated carbocycles. The molecular formula is C26H46N2O4. The molecule has 0 radical (unpaired) electrons. The number of piperidine rings is 1. The van der Waals surface area contributed by atoms with Gasteiger partial charge in [0.1, 0.15) is 0 Å². The van der Waals surface area contributed by atoms with E-state index in [0.717, 1.165) is 43.9 Å². The quantitative estimate of drug-likeness (QED) is 0.421. The van der Waals surface area contributed by atoms with Crippen LogP contribution in [0, 0.1) is 17.8 Å². The highest BCUT2D eigenvalue weighted by atomic mass is 16.5. The third-order valence-electron chi connectivity index (χ3n) is 6.67. The molecule has 6 heteroatoms. The molecule has 0 unspecified atom stereocenters. The van der Waals surface area contributed by atoms with Gasteiger partial charge >= 0.3 is 0 Å². The molecule has 0 amide bonds. The number of β-amino-alcohol motifs (C(OH)–C–C–N with tert-alkyl or cyclic N) is 1. The van der Waals surface area contributed by atoms with Gasteiger partial charge in [-0.05, 0) is 67.7 Å². The van der Waals surface area contributed by atoms with Gasteiger partial charge < -0.3 is 30.0 Å². The highest BCUT2D eigenvalue weighted by Gasteiger charge is 2.26. The van der Waals surface area contributed by atoms with Gasteiger partial charge in [-0.15, -0.1) is 0 Å². The molecule has 4 atom stereocenters. The number of likely N-dealkylation sites (tertiary alicyclic amines) is 1. The summed E-state index contributed by atoms with van der Waals surface area (Å²) in [5, 5.41) is 10.8. The second-order valence-corrected chi connectivity index (χ2v) is 9.86. The summed E-state index contributed by atoms with van der Waals surface area (Å²) in [6, 6.07) is 5.94. The number of hydrogen-bond donors (Lipinski definition) is 2. The number of rotatable bonds is 14.